The SMILES string of the molecule is COCCNC(=O)C1(c2ccc(-c3ccc([C@H](N[C@@H](CC(C)(C)F)C(=O)NC4(C#N)CC4)C(F)F)cc3)cc2)CC1. The molecular weight excluding hydrogens is 533 g/mol. The zero-order valence-corrected chi connectivity index (χ0v) is 23.6. The number of hydrogen-bond donors (Lipinski definition) is 3. The smallest absolute Gasteiger partial charge is 0.257 e. The molecule has 0 unspecified atom stereocenters. The van der Waals surface area contributed by atoms with E-state index in [1.54, 1.807) is 31.4 Å². The Morgan fingerprint density at radius 1 is 1.02 bits per heavy atom. The van der Waals surface area contributed by atoms with Crippen molar-refractivity contribution < 1.29 is 27.5 Å². The number of benzene rings is 2. The minimum atomic E-state index is -2.87. The summed E-state index contributed by atoms with van der Waals surface area (Å²) in [4.78, 5) is 25.6. The molecule has 2 aromatic carbocycles. The van der Waals surface area contributed by atoms with Gasteiger partial charge in [0.1, 0.15) is 11.2 Å². The number of nitriles is 1. The number of ether oxygens (including phenoxy) is 1. The molecule has 0 heterocycles. The molecule has 0 spiro atoms. The van der Waals surface area contributed by atoms with Crippen molar-refractivity contribution in [2.24, 2.45) is 0 Å². The van der Waals surface area contributed by atoms with Crippen molar-refractivity contribution in [2.75, 3.05) is 20.3 Å². The Morgan fingerprint density at radius 2 is 1.61 bits per heavy atom. The van der Waals surface area contributed by atoms with Crippen LogP contribution in [0.25, 0.3) is 11.1 Å². The Morgan fingerprint density at radius 3 is 2.07 bits per heavy atom. The second kappa shape index (κ2) is 12.2. The Labute approximate surface area is 238 Å². The molecule has 4 rings (SSSR count). The zero-order valence-electron chi connectivity index (χ0n) is 23.6. The maximum atomic E-state index is 14.5. The summed E-state index contributed by atoms with van der Waals surface area (Å²) in [5.74, 6) is -0.682. The minimum Gasteiger partial charge on any atom is -0.383 e. The zero-order chi connectivity index (χ0) is 29.8. The van der Waals surface area contributed by atoms with Crippen LogP contribution in [0.5, 0.6) is 0 Å². The van der Waals surface area contributed by atoms with Gasteiger partial charge in [0.15, 0.2) is 0 Å². The van der Waals surface area contributed by atoms with Gasteiger partial charge in [-0.2, -0.15) is 5.26 Å². The van der Waals surface area contributed by atoms with Gasteiger partial charge >= 0.3 is 0 Å². The van der Waals surface area contributed by atoms with Crippen molar-refractivity contribution in [3.63, 3.8) is 0 Å². The van der Waals surface area contributed by atoms with Crippen LogP contribution in [0.15, 0.2) is 48.5 Å². The summed E-state index contributed by atoms with van der Waals surface area (Å²) in [5, 5.41) is 17.5. The predicted octanol–water partition coefficient (Wildman–Crippen LogP) is 4.72. The summed E-state index contributed by atoms with van der Waals surface area (Å²) in [6, 6.07) is 13.5. The number of carbonyl (C=O) groups is 2. The van der Waals surface area contributed by atoms with E-state index in [-0.39, 0.29) is 17.9 Å². The quantitative estimate of drug-likeness (QED) is 0.285. The fraction of sp³-hybridized carbons (Fsp3) is 0.516. The van der Waals surface area contributed by atoms with Crippen LogP contribution < -0.4 is 16.0 Å². The average Bonchev–Trinajstić information content (AvgIpc) is 3.87. The highest BCUT2D eigenvalue weighted by Crippen LogP contribution is 2.48. The number of nitrogens with one attached hydrogen (secondary N) is 3. The number of alkyl halides is 3. The molecule has 41 heavy (non-hydrogen) atoms. The first-order valence-corrected chi connectivity index (χ1v) is 13.9. The monoisotopic (exact) mass is 570 g/mol. The Balaban J connectivity index is 1.47. The fourth-order valence-corrected chi connectivity index (χ4v) is 5.03. The van der Waals surface area contributed by atoms with Crippen LogP contribution >= 0.6 is 0 Å². The molecular formula is C31H37F3N4O3. The fourth-order valence-electron chi connectivity index (χ4n) is 5.03. The van der Waals surface area contributed by atoms with Gasteiger partial charge in [-0.1, -0.05) is 48.5 Å². The lowest BCUT2D eigenvalue weighted by molar-refractivity contribution is -0.125. The third-order valence-corrected chi connectivity index (χ3v) is 7.78. The van der Waals surface area contributed by atoms with E-state index in [2.05, 4.69) is 16.0 Å². The minimum absolute atomic E-state index is 0.0137. The molecule has 10 heteroatoms. The number of nitrogens with zero attached hydrogens (tertiary/aromatic N) is 1. The highest BCUT2D eigenvalue weighted by Gasteiger charge is 2.51. The van der Waals surface area contributed by atoms with Crippen LogP contribution in [0.1, 0.15) is 63.1 Å². The summed E-state index contributed by atoms with van der Waals surface area (Å²) < 4.78 is 48.0. The Bertz CT molecular complexity index is 1260. The Hall–Kier alpha value is -3.42. The van der Waals surface area contributed by atoms with Crippen LogP contribution in [-0.2, 0) is 19.7 Å². The molecule has 2 atom stereocenters. The number of rotatable bonds is 14. The largest absolute Gasteiger partial charge is 0.383 e. The highest BCUT2D eigenvalue weighted by atomic mass is 19.3. The first kappa shape index (κ1) is 30.5. The van der Waals surface area contributed by atoms with Gasteiger partial charge in [-0.05, 0) is 61.8 Å². The van der Waals surface area contributed by atoms with Gasteiger partial charge < -0.3 is 15.4 Å². The Kier molecular flexibility index (Phi) is 9.10. The second-order valence-corrected chi connectivity index (χ2v) is 11.7. The van der Waals surface area contributed by atoms with Gasteiger partial charge in [0.2, 0.25) is 11.8 Å². The van der Waals surface area contributed by atoms with E-state index in [1.165, 1.54) is 13.8 Å². The predicted molar refractivity (Wildman–Crippen MR) is 149 cm³/mol. The van der Waals surface area contributed by atoms with E-state index in [4.69, 9.17) is 4.74 Å². The highest BCUT2D eigenvalue weighted by molar-refractivity contribution is 5.91. The summed E-state index contributed by atoms with van der Waals surface area (Å²) in [7, 11) is 1.58. The maximum absolute atomic E-state index is 14.5. The van der Waals surface area contributed by atoms with Crippen LogP contribution in [0.4, 0.5) is 13.2 Å². The first-order chi connectivity index (χ1) is 19.4. The van der Waals surface area contributed by atoms with E-state index in [9.17, 15) is 28.0 Å². The molecule has 2 aliphatic carbocycles. The first-order valence-electron chi connectivity index (χ1n) is 13.9. The maximum Gasteiger partial charge on any atom is 0.257 e. The van der Waals surface area contributed by atoms with Crippen molar-refractivity contribution >= 4 is 11.8 Å². The molecule has 2 aromatic rings. The lowest BCUT2D eigenvalue weighted by Crippen LogP contribution is -2.52. The number of carbonyl (C=O) groups excluding carboxylic acids is 2. The molecule has 0 aromatic heterocycles. The van der Waals surface area contributed by atoms with Crippen molar-refractivity contribution in [1.29, 1.82) is 5.26 Å². The number of amides is 2. The summed E-state index contributed by atoms with van der Waals surface area (Å²) in [5.41, 5.74) is -0.477. The molecule has 3 N–H and O–H groups in total. The molecule has 2 fully saturated rings. The number of methoxy groups -OCH3 is 1. The van der Waals surface area contributed by atoms with Crippen molar-refractivity contribution in [1.82, 2.24) is 16.0 Å². The van der Waals surface area contributed by atoms with E-state index in [1.807, 2.05) is 30.3 Å². The van der Waals surface area contributed by atoms with Crippen LogP contribution in [0, 0.1) is 11.3 Å². The normalized spacial score (nSPS) is 18.2. The van der Waals surface area contributed by atoms with Gasteiger partial charge in [-0.3, -0.25) is 14.9 Å². The molecule has 2 aliphatic rings. The lowest BCUT2D eigenvalue weighted by atomic mass is 9.92. The molecule has 2 saturated carbocycles. The molecule has 0 aliphatic heterocycles. The van der Waals surface area contributed by atoms with E-state index in [0.29, 0.717) is 26.0 Å². The van der Waals surface area contributed by atoms with Gasteiger partial charge in [0.05, 0.1) is 30.2 Å². The van der Waals surface area contributed by atoms with Crippen LogP contribution in [0.3, 0.4) is 0 Å². The van der Waals surface area contributed by atoms with Crippen LogP contribution in [0.2, 0.25) is 0 Å². The van der Waals surface area contributed by atoms with Crippen molar-refractivity contribution in [3.8, 4) is 17.2 Å². The third kappa shape index (κ3) is 7.46. The van der Waals surface area contributed by atoms with E-state index >= 15 is 0 Å². The molecule has 2 amide bonds. The third-order valence-electron chi connectivity index (χ3n) is 7.78. The van der Waals surface area contributed by atoms with Gasteiger partial charge in [0, 0.05) is 20.1 Å². The number of hydrogen-bond acceptors (Lipinski definition) is 5. The average molecular weight is 571 g/mol. The molecule has 0 bridgehead atoms. The van der Waals surface area contributed by atoms with Gasteiger partial charge in [0.25, 0.3) is 6.43 Å². The second-order valence-electron chi connectivity index (χ2n) is 11.7. The van der Waals surface area contributed by atoms with Crippen LogP contribution in [-0.4, -0.2) is 55.8 Å². The summed E-state index contributed by atoms with van der Waals surface area (Å²) in [6.07, 6.45) is -0.696. The summed E-state index contributed by atoms with van der Waals surface area (Å²) >= 11 is 0. The van der Waals surface area contributed by atoms with Crippen molar-refractivity contribution in [2.45, 2.75) is 81.1 Å². The standard InChI is InChI=1S/C31H37F3N4O3/c1-29(2,34)18-24(27(39)38-30(19-35)12-13-30)37-25(26(32)33)22-6-4-20(5-7-22)21-8-10-23(11-9-21)31(14-15-31)28(40)36-16-17-41-3/h4-11,24-26,37H,12-18H2,1-3H3,(H,36,40)(H,38,39)/t24-,25-/m0/s1. The lowest BCUT2D eigenvalue weighted by Gasteiger charge is -2.29. The van der Waals surface area contributed by atoms with Gasteiger partial charge in [-0.25, -0.2) is 13.2 Å². The number of halogens is 3. The summed E-state index contributed by atoms with van der Waals surface area (Å²) in [6.45, 7) is 3.46. The molecule has 0 saturated heterocycles. The topological polar surface area (TPSA) is 103 Å². The van der Waals surface area contributed by atoms with E-state index < -0.39 is 41.0 Å². The van der Waals surface area contributed by atoms with E-state index in [0.717, 1.165) is 29.5 Å². The molecule has 7 nitrogen and oxygen atoms in total. The molecule has 0 radical (unpaired) electrons. The van der Waals surface area contributed by atoms with Gasteiger partial charge in [-0.15, -0.1) is 0 Å². The van der Waals surface area contributed by atoms with Crippen molar-refractivity contribution in [3.05, 3.63) is 59.7 Å². The molecule has 220 valence electrons.